The summed E-state index contributed by atoms with van der Waals surface area (Å²) in [5.41, 5.74) is 0. The van der Waals surface area contributed by atoms with Crippen molar-refractivity contribution in [2.75, 3.05) is 20.1 Å². The lowest BCUT2D eigenvalue weighted by molar-refractivity contribution is -0.919. The van der Waals surface area contributed by atoms with Gasteiger partial charge in [0.15, 0.2) is 0 Å². The van der Waals surface area contributed by atoms with Crippen molar-refractivity contribution in [3.05, 3.63) is 0 Å². The molecule has 1 aliphatic heterocycles. The molecule has 0 aromatic rings. The van der Waals surface area contributed by atoms with E-state index in [1.54, 1.807) is 0 Å². The molecular weight excluding hydrogens is 182 g/mol. The van der Waals surface area contributed by atoms with E-state index in [9.17, 15) is 0 Å². The van der Waals surface area contributed by atoms with E-state index in [1.807, 2.05) is 0 Å². The van der Waals surface area contributed by atoms with Crippen molar-refractivity contribution in [1.82, 2.24) is 0 Å². The molecule has 0 aromatic heterocycles. The zero-order valence-electron chi connectivity index (χ0n) is 11.1. The van der Waals surface area contributed by atoms with E-state index in [1.165, 1.54) is 68.9 Å². The number of rotatable bonds is 7. The number of nitrogens with zero attached hydrogens (tertiary/aromatic N) is 1. The first-order valence-electron chi connectivity index (χ1n) is 7.03. The van der Waals surface area contributed by atoms with Crippen LogP contribution in [-0.2, 0) is 0 Å². The molecule has 1 rings (SSSR count). The van der Waals surface area contributed by atoms with Crippen LogP contribution < -0.4 is 0 Å². The van der Waals surface area contributed by atoms with Gasteiger partial charge in [0.05, 0.1) is 26.2 Å². The van der Waals surface area contributed by atoms with E-state index in [2.05, 4.69) is 20.9 Å². The molecule has 0 saturated carbocycles. The van der Waals surface area contributed by atoms with Crippen LogP contribution in [0, 0.1) is 0 Å². The summed E-state index contributed by atoms with van der Waals surface area (Å²) in [7, 11) is 2.46. The largest absolute Gasteiger partial charge is 0.324 e. The lowest BCUT2D eigenvalue weighted by Crippen LogP contribution is -2.47. The van der Waals surface area contributed by atoms with Gasteiger partial charge in [0.25, 0.3) is 0 Å². The summed E-state index contributed by atoms with van der Waals surface area (Å²) in [6, 6.07) is 0.917. The van der Waals surface area contributed by atoms with Gasteiger partial charge in [-0.05, 0) is 19.8 Å². The maximum absolute atomic E-state index is 2.46. The molecule has 1 aliphatic rings. The number of hydrogen-bond donors (Lipinski definition) is 0. The Kier molecular flexibility index (Phi) is 5.66. The molecular formula is C14H30N+. The van der Waals surface area contributed by atoms with Crippen LogP contribution in [0.15, 0.2) is 0 Å². The highest BCUT2D eigenvalue weighted by Gasteiger charge is 2.33. The summed E-state index contributed by atoms with van der Waals surface area (Å²) in [6.45, 7) is 7.58. The fraction of sp³-hybridized carbons (Fsp3) is 1.00. The second kappa shape index (κ2) is 6.52. The molecule has 0 spiro atoms. The zero-order valence-corrected chi connectivity index (χ0v) is 11.1. The maximum Gasteiger partial charge on any atom is 0.0861 e. The molecule has 15 heavy (non-hydrogen) atoms. The lowest BCUT2D eigenvalue weighted by Gasteiger charge is -2.34. The number of likely N-dealkylation sites (tertiary alicyclic amines) is 1. The minimum Gasteiger partial charge on any atom is -0.324 e. The molecule has 0 amide bonds. The van der Waals surface area contributed by atoms with Crippen LogP contribution in [0.2, 0.25) is 0 Å². The van der Waals surface area contributed by atoms with E-state index in [-0.39, 0.29) is 0 Å². The van der Waals surface area contributed by atoms with Crippen LogP contribution >= 0.6 is 0 Å². The van der Waals surface area contributed by atoms with Crippen LogP contribution in [0.5, 0.6) is 0 Å². The quantitative estimate of drug-likeness (QED) is 0.442. The molecule has 1 nitrogen and oxygen atoms in total. The van der Waals surface area contributed by atoms with Crippen molar-refractivity contribution < 1.29 is 4.48 Å². The molecule has 0 aromatic carbocycles. The predicted molar refractivity (Wildman–Crippen MR) is 68.0 cm³/mol. The van der Waals surface area contributed by atoms with Crippen molar-refractivity contribution in [3.63, 3.8) is 0 Å². The fourth-order valence-electron chi connectivity index (χ4n) is 2.87. The summed E-state index contributed by atoms with van der Waals surface area (Å²) in [6.07, 6.45) is 11.5. The van der Waals surface area contributed by atoms with E-state index in [4.69, 9.17) is 0 Å². The van der Waals surface area contributed by atoms with Crippen LogP contribution in [0.1, 0.15) is 65.2 Å². The average molecular weight is 212 g/mol. The van der Waals surface area contributed by atoms with E-state index in [0.717, 1.165) is 6.04 Å². The van der Waals surface area contributed by atoms with Crippen molar-refractivity contribution in [2.24, 2.45) is 0 Å². The molecule has 2 unspecified atom stereocenters. The van der Waals surface area contributed by atoms with Gasteiger partial charge in [0.2, 0.25) is 0 Å². The first-order valence-corrected chi connectivity index (χ1v) is 7.03. The Morgan fingerprint density at radius 3 is 2.33 bits per heavy atom. The van der Waals surface area contributed by atoms with Gasteiger partial charge in [0.1, 0.15) is 0 Å². The van der Waals surface area contributed by atoms with E-state index >= 15 is 0 Å². The monoisotopic (exact) mass is 212 g/mol. The Labute approximate surface area is 96.4 Å². The zero-order chi connectivity index (χ0) is 11.1. The first kappa shape index (κ1) is 13.0. The van der Waals surface area contributed by atoms with Crippen molar-refractivity contribution in [1.29, 1.82) is 0 Å². The summed E-state index contributed by atoms with van der Waals surface area (Å²) in [4.78, 5) is 0. The van der Waals surface area contributed by atoms with Crippen molar-refractivity contribution in [2.45, 2.75) is 71.3 Å². The smallest absolute Gasteiger partial charge is 0.0861 e. The van der Waals surface area contributed by atoms with Crippen molar-refractivity contribution in [3.8, 4) is 0 Å². The first-order chi connectivity index (χ1) is 7.19. The third-order valence-corrected chi connectivity index (χ3v) is 4.38. The second-order valence-corrected chi connectivity index (χ2v) is 5.69. The Hall–Kier alpha value is -0.0400. The van der Waals surface area contributed by atoms with Gasteiger partial charge in [-0.2, -0.15) is 0 Å². The molecule has 0 N–H and O–H groups in total. The number of unbranched alkanes of at least 4 members (excludes halogenated alkanes) is 5. The normalized spacial score (nSPS) is 31.0. The topological polar surface area (TPSA) is 0 Å². The average Bonchev–Trinajstić information content (AvgIpc) is 2.54. The number of hydrogen-bond acceptors (Lipinski definition) is 0. The summed E-state index contributed by atoms with van der Waals surface area (Å²) < 4.78 is 1.35. The maximum atomic E-state index is 2.46. The second-order valence-electron chi connectivity index (χ2n) is 5.69. The molecule has 1 fully saturated rings. The van der Waals surface area contributed by atoms with Gasteiger partial charge in [-0.3, -0.25) is 0 Å². The minimum atomic E-state index is 0.917. The Morgan fingerprint density at radius 1 is 1.07 bits per heavy atom. The van der Waals surface area contributed by atoms with E-state index in [0.29, 0.717) is 0 Å². The molecule has 0 bridgehead atoms. The molecule has 1 heterocycles. The summed E-state index contributed by atoms with van der Waals surface area (Å²) >= 11 is 0. The Balaban J connectivity index is 2.04. The third kappa shape index (κ3) is 4.14. The molecule has 0 radical (unpaired) electrons. The highest BCUT2D eigenvalue weighted by atomic mass is 15.4. The lowest BCUT2D eigenvalue weighted by atomic mass is 10.1. The molecule has 2 atom stereocenters. The Bertz CT molecular complexity index is 167. The molecule has 90 valence electrons. The summed E-state index contributed by atoms with van der Waals surface area (Å²) in [5, 5.41) is 0. The molecule has 1 heteroatoms. The van der Waals surface area contributed by atoms with Crippen LogP contribution in [-0.4, -0.2) is 30.7 Å². The highest BCUT2D eigenvalue weighted by molar-refractivity contribution is 4.61. The number of quaternary nitrogens is 1. The predicted octanol–water partition coefficient (Wildman–Crippen LogP) is 3.98. The van der Waals surface area contributed by atoms with Crippen LogP contribution in [0.25, 0.3) is 0 Å². The standard InChI is InChI=1S/C14H30N/c1-4-5-6-7-8-9-12-15(3)13-10-11-14(15)2/h14H,4-13H2,1-3H3/q+1. The Morgan fingerprint density at radius 2 is 1.73 bits per heavy atom. The van der Waals surface area contributed by atoms with Gasteiger partial charge >= 0.3 is 0 Å². The molecule has 0 aliphatic carbocycles. The van der Waals surface area contributed by atoms with Crippen LogP contribution in [0.4, 0.5) is 0 Å². The van der Waals surface area contributed by atoms with Gasteiger partial charge < -0.3 is 4.48 Å². The van der Waals surface area contributed by atoms with Gasteiger partial charge in [-0.15, -0.1) is 0 Å². The highest BCUT2D eigenvalue weighted by Crippen LogP contribution is 2.25. The molecule has 1 saturated heterocycles. The van der Waals surface area contributed by atoms with E-state index < -0.39 is 0 Å². The third-order valence-electron chi connectivity index (χ3n) is 4.38. The van der Waals surface area contributed by atoms with Gasteiger partial charge in [-0.25, -0.2) is 0 Å². The minimum absolute atomic E-state index is 0.917. The van der Waals surface area contributed by atoms with Crippen LogP contribution in [0.3, 0.4) is 0 Å². The SMILES string of the molecule is CCCCCCCC[N+]1(C)CCCC1C. The summed E-state index contributed by atoms with van der Waals surface area (Å²) in [5.74, 6) is 0. The fourth-order valence-corrected chi connectivity index (χ4v) is 2.87. The van der Waals surface area contributed by atoms with Crippen molar-refractivity contribution >= 4 is 0 Å². The van der Waals surface area contributed by atoms with Gasteiger partial charge in [-0.1, -0.05) is 32.6 Å². The van der Waals surface area contributed by atoms with Gasteiger partial charge in [0, 0.05) is 12.8 Å².